The molecule has 0 spiro atoms. The number of hydrogen-bond acceptors (Lipinski definition) is 3. The van der Waals surface area contributed by atoms with Gasteiger partial charge in [0.25, 0.3) is 0 Å². The minimum atomic E-state index is 0.103. The number of hydrogen-bond donors (Lipinski definition) is 1. The quantitative estimate of drug-likeness (QED) is 0.903. The molecule has 0 bridgehead atoms. The maximum Gasteiger partial charge on any atom is 0.0496 e. The first-order chi connectivity index (χ1) is 9.08. The molecule has 0 fully saturated rings. The summed E-state index contributed by atoms with van der Waals surface area (Å²) in [5, 5.41) is 4.32. The minimum absolute atomic E-state index is 0.103. The molecule has 19 heavy (non-hydrogen) atoms. The zero-order chi connectivity index (χ0) is 13.8. The first kappa shape index (κ1) is 14.3. The second kappa shape index (κ2) is 6.33. The van der Waals surface area contributed by atoms with Gasteiger partial charge in [-0.25, -0.2) is 0 Å². The molecular formula is C16H22N2S. The predicted molar refractivity (Wildman–Crippen MR) is 83.4 cm³/mol. The Balaban J connectivity index is 2.17. The van der Waals surface area contributed by atoms with Crippen LogP contribution in [0.3, 0.4) is 0 Å². The smallest absolute Gasteiger partial charge is 0.0496 e. The van der Waals surface area contributed by atoms with Crippen molar-refractivity contribution in [3.8, 4) is 0 Å². The van der Waals surface area contributed by atoms with E-state index in [0.717, 1.165) is 6.54 Å². The van der Waals surface area contributed by atoms with Crippen molar-refractivity contribution in [2.45, 2.75) is 32.5 Å². The van der Waals surface area contributed by atoms with E-state index < -0.39 is 0 Å². The highest BCUT2D eigenvalue weighted by molar-refractivity contribution is 7.07. The molecule has 2 unspecified atom stereocenters. The number of aryl methyl sites for hydroxylation is 1. The molecule has 1 heterocycles. The molecule has 3 heteroatoms. The van der Waals surface area contributed by atoms with Gasteiger partial charge in [0, 0.05) is 18.6 Å². The van der Waals surface area contributed by atoms with Crippen molar-refractivity contribution in [1.29, 1.82) is 0 Å². The average Bonchev–Trinajstić information content (AvgIpc) is 2.84. The lowest BCUT2D eigenvalue weighted by molar-refractivity contribution is 0.211. The summed E-state index contributed by atoms with van der Waals surface area (Å²) in [6.07, 6.45) is 0. The van der Waals surface area contributed by atoms with E-state index in [4.69, 9.17) is 5.73 Å². The van der Waals surface area contributed by atoms with Gasteiger partial charge in [-0.1, -0.05) is 29.8 Å². The number of likely N-dealkylation sites (N-methyl/N-ethyl adjacent to an activating group) is 1. The molecule has 2 rings (SSSR count). The molecule has 0 radical (unpaired) electrons. The van der Waals surface area contributed by atoms with Crippen LogP contribution in [0, 0.1) is 6.92 Å². The van der Waals surface area contributed by atoms with Crippen molar-refractivity contribution < 1.29 is 0 Å². The molecule has 0 amide bonds. The van der Waals surface area contributed by atoms with Crippen LogP contribution >= 0.6 is 11.3 Å². The Morgan fingerprint density at radius 2 is 1.89 bits per heavy atom. The van der Waals surface area contributed by atoms with Crippen molar-refractivity contribution in [1.82, 2.24) is 4.90 Å². The fraction of sp³-hybridized carbons (Fsp3) is 0.375. The summed E-state index contributed by atoms with van der Waals surface area (Å²) in [6, 6.07) is 11.2. The van der Waals surface area contributed by atoms with E-state index >= 15 is 0 Å². The maximum absolute atomic E-state index is 6.20. The third kappa shape index (κ3) is 3.66. The zero-order valence-corrected chi connectivity index (χ0v) is 12.7. The van der Waals surface area contributed by atoms with Gasteiger partial charge in [0.2, 0.25) is 0 Å². The summed E-state index contributed by atoms with van der Waals surface area (Å²) in [5.41, 5.74) is 10.1. The van der Waals surface area contributed by atoms with Crippen LogP contribution in [0.25, 0.3) is 0 Å². The summed E-state index contributed by atoms with van der Waals surface area (Å²) in [7, 11) is 2.14. The first-order valence-electron chi connectivity index (χ1n) is 6.61. The molecule has 0 saturated heterocycles. The number of nitrogens with zero attached hydrogens (tertiary/aromatic N) is 1. The van der Waals surface area contributed by atoms with E-state index in [1.165, 1.54) is 16.7 Å². The van der Waals surface area contributed by atoms with Gasteiger partial charge in [0.15, 0.2) is 0 Å². The molecule has 102 valence electrons. The van der Waals surface area contributed by atoms with Crippen LogP contribution in [-0.2, 0) is 6.54 Å². The molecule has 1 aromatic carbocycles. The average molecular weight is 274 g/mol. The standard InChI is InChI=1S/C16H22N2S/c1-12-4-6-15(7-5-12)16(13(2)17)18(3)10-14-8-9-19-11-14/h4-9,11,13,16H,10,17H2,1-3H3. The molecule has 0 aliphatic carbocycles. The Hall–Kier alpha value is -1.16. The van der Waals surface area contributed by atoms with Gasteiger partial charge < -0.3 is 5.73 Å². The van der Waals surface area contributed by atoms with Crippen molar-refractivity contribution in [2.75, 3.05) is 7.05 Å². The summed E-state index contributed by atoms with van der Waals surface area (Å²) in [4.78, 5) is 2.33. The fourth-order valence-electron chi connectivity index (χ4n) is 2.49. The lowest BCUT2D eigenvalue weighted by atomic mass is 9.98. The van der Waals surface area contributed by atoms with Gasteiger partial charge in [-0.3, -0.25) is 4.90 Å². The van der Waals surface area contributed by atoms with E-state index in [0.29, 0.717) is 0 Å². The summed E-state index contributed by atoms with van der Waals surface area (Å²) < 4.78 is 0. The maximum atomic E-state index is 6.20. The van der Waals surface area contributed by atoms with Gasteiger partial charge in [0.1, 0.15) is 0 Å². The van der Waals surface area contributed by atoms with Gasteiger partial charge in [-0.05, 0) is 48.8 Å². The monoisotopic (exact) mass is 274 g/mol. The first-order valence-corrected chi connectivity index (χ1v) is 7.55. The van der Waals surface area contributed by atoms with E-state index in [-0.39, 0.29) is 12.1 Å². The Morgan fingerprint density at radius 1 is 1.21 bits per heavy atom. The lowest BCUT2D eigenvalue weighted by Crippen LogP contribution is -2.36. The van der Waals surface area contributed by atoms with Crippen LogP contribution in [0.4, 0.5) is 0 Å². The molecule has 2 atom stereocenters. The van der Waals surface area contributed by atoms with Gasteiger partial charge in [-0.15, -0.1) is 0 Å². The number of benzene rings is 1. The predicted octanol–water partition coefficient (Wildman–Crippen LogP) is 3.58. The van der Waals surface area contributed by atoms with Crippen LogP contribution in [0.1, 0.15) is 29.7 Å². The van der Waals surface area contributed by atoms with Crippen LogP contribution in [0.15, 0.2) is 41.1 Å². The van der Waals surface area contributed by atoms with E-state index in [9.17, 15) is 0 Å². The van der Waals surface area contributed by atoms with E-state index in [1.54, 1.807) is 11.3 Å². The highest BCUT2D eigenvalue weighted by Gasteiger charge is 2.21. The Kier molecular flexibility index (Phi) is 4.75. The third-order valence-corrected chi connectivity index (χ3v) is 4.14. The summed E-state index contributed by atoms with van der Waals surface area (Å²) in [5.74, 6) is 0. The van der Waals surface area contributed by atoms with Gasteiger partial charge >= 0.3 is 0 Å². The molecular weight excluding hydrogens is 252 g/mol. The molecule has 2 aromatic rings. The Bertz CT molecular complexity index is 488. The number of thiophene rings is 1. The molecule has 0 saturated carbocycles. The van der Waals surface area contributed by atoms with Crippen LogP contribution in [-0.4, -0.2) is 18.0 Å². The van der Waals surface area contributed by atoms with E-state index in [2.05, 4.69) is 66.9 Å². The van der Waals surface area contributed by atoms with Crippen LogP contribution < -0.4 is 5.73 Å². The lowest BCUT2D eigenvalue weighted by Gasteiger charge is -2.31. The van der Waals surface area contributed by atoms with Gasteiger partial charge in [-0.2, -0.15) is 11.3 Å². The normalized spacial score (nSPS) is 14.6. The van der Waals surface area contributed by atoms with Crippen molar-refractivity contribution >= 4 is 11.3 Å². The third-order valence-electron chi connectivity index (χ3n) is 3.40. The van der Waals surface area contributed by atoms with Crippen molar-refractivity contribution in [2.24, 2.45) is 5.73 Å². The van der Waals surface area contributed by atoms with Crippen LogP contribution in [0.2, 0.25) is 0 Å². The molecule has 2 nitrogen and oxygen atoms in total. The second-order valence-corrected chi connectivity index (χ2v) is 6.04. The highest BCUT2D eigenvalue weighted by atomic mass is 32.1. The fourth-order valence-corrected chi connectivity index (χ4v) is 3.15. The van der Waals surface area contributed by atoms with Crippen molar-refractivity contribution in [3.05, 3.63) is 57.8 Å². The van der Waals surface area contributed by atoms with E-state index in [1.807, 2.05) is 0 Å². The van der Waals surface area contributed by atoms with Crippen molar-refractivity contribution in [3.63, 3.8) is 0 Å². The Morgan fingerprint density at radius 3 is 2.42 bits per heavy atom. The zero-order valence-electron chi connectivity index (χ0n) is 11.8. The Labute approximate surface area is 119 Å². The van der Waals surface area contributed by atoms with Crippen LogP contribution in [0.5, 0.6) is 0 Å². The highest BCUT2D eigenvalue weighted by Crippen LogP contribution is 2.24. The second-order valence-electron chi connectivity index (χ2n) is 5.26. The molecule has 0 aliphatic rings. The number of nitrogens with two attached hydrogens (primary N) is 1. The van der Waals surface area contributed by atoms with Gasteiger partial charge in [0.05, 0.1) is 0 Å². The number of rotatable bonds is 5. The largest absolute Gasteiger partial charge is 0.326 e. The summed E-state index contributed by atoms with van der Waals surface area (Å²) >= 11 is 1.74. The SMILES string of the molecule is Cc1ccc(C(C(C)N)N(C)Cc2ccsc2)cc1. The topological polar surface area (TPSA) is 29.3 Å². The molecule has 1 aromatic heterocycles. The minimum Gasteiger partial charge on any atom is -0.326 e. The molecule has 2 N–H and O–H groups in total. The summed E-state index contributed by atoms with van der Waals surface area (Å²) in [6.45, 7) is 5.12. The molecule has 0 aliphatic heterocycles.